The normalized spacial score (nSPS) is 13.5. The van der Waals surface area contributed by atoms with Crippen molar-refractivity contribution >= 4 is 5.95 Å². The zero-order valence-corrected chi connectivity index (χ0v) is 6.09. The second kappa shape index (κ2) is 1.98. The lowest BCUT2D eigenvalue weighted by molar-refractivity contribution is 0.878. The SMILES string of the molecule is Cc1cc(=O)n2c(n1)NCN2. The molecule has 2 rings (SSSR count). The molecule has 1 aromatic heterocycles. The van der Waals surface area contributed by atoms with E-state index < -0.39 is 0 Å². The Morgan fingerprint density at radius 3 is 3.36 bits per heavy atom. The summed E-state index contributed by atoms with van der Waals surface area (Å²) in [6.07, 6.45) is 0. The summed E-state index contributed by atoms with van der Waals surface area (Å²) in [5.41, 5.74) is 3.49. The van der Waals surface area contributed by atoms with Gasteiger partial charge in [0, 0.05) is 11.8 Å². The molecule has 1 aliphatic rings. The quantitative estimate of drug-likeness (QED) is 0.525. The van der Waals surface area contributed by atoms with Gasteiger partial charge in [-0.3, -0.25) is 4.79 Å². The maximum atomic E-state index is 11.2. The van der Waals surface area contributed by atoms with Gasteiger partial charge in [-0.25, -0.2) is 4.98 Å². The Labute approximate surface area is 63.0 Å². The molecule has 0 aliphatic carbocycles. The highest BCUT2D eigenvalue weighted by Crippen LogP contribution is 2.02. The van der Waals surface area contributed by atoms with Crippen molar-refractivity contribution in [3.8, 4) is 0 Å². The predicted octanol–water partition coefficient (Wildman–Crippen LogP) is -0.522. The molecule has 1 aromatic rings. The van der Waals surface area contributed by atoms with Gasteiger partial charge < -0.3 is 10.7 Å². The molecule has 58 valence electrons. The van der Waals surface area contributed by atoms with E-state index in [0.717, 1.165) is 5.69 Å². The molecule has 0 saturated carbocycles. The zero-order chi connectivity index (χ0) is 7.84. The van der Waals surface area contributed by atoms with Gasteiger partial charge in [0.2, 0.25) is 5.95 Å². The van der Waals surface area contributed by atoms with E-state index >= 15 is 0 Å². The number of nitrogens with zero attached hydrogens (tertiary/aromatic N) is 2. The van der Waals surface area contributed by atoms with Crippen LogP contribution in [0.5, 0.6) is 0 Å². The molecule has 1 aliphatic heterocycles. The van der Waals surface area contributed by atoms with Gasteiger partial charge in [0.15, 0.2) is 0 Å². The van der Waals surface area contributed by atoms with Crippen LogP contribution in [0.4, 0.5) is 5.95 Å². The number of aryl methyl sites for hydroxylation is 1. The first-order valence-corrected chi connectivity index (χ1v) is 3.36. The first-order chi connectivity index (χ1) is 5.27. The molecule has 5 nitrogen and oxygen atoms in total. The second-order valence-electron chi connectivity index (χ2n) is 2.41. The van der Waals surface area contributed by atoms with Crippen LogP contribution in [0.1, 0.15) is 5.69 Å². The molecule has 0 atom stereocenters. The minimum absolute atomic E-state index is 0.0718. The summed E-state index contributed by atoms with van der Waals surface area (Å²) >= 11 is 0. The van der Waals surface area contributed by atoms with Crippen LogP contribution in [0.3, 0.4) is 0 Å². The van der Waals surface area contributed by atoms with Crippen molar-refractivity contribution in [2.45, 2.75) is 6.92 Å². The van der Waals surface area contributed by atoms with Crippen molar-refractivity contribution in [3.63, 3.8) is 0 Å². The summed E-state index contributed by atoms with van der Waals surface area (Å²) in [5, 5.41) is 2.92. The van der Waals surface area contributed by atoms with Crippen molar-refractivity contribution < 1.29 is 0 Å². The van der Waals surface area contributed by atoms with Crippen LogP contribution in [-0.2, 0) is 0 Å². The summed E-state index contributed by atoms with van der Waals surface area (Å²) in [6.45, 7) is 2.36. The fourth-order valence-corrected chi connectivity index (χ4v) is 1.07. The highest BCUT2D eigenvalue weighted by atomic mass is 16.1. The molecule has 2 heterocycles. The molecule has 0 amide bonds. The molecular formula is C6H8N4O. The van der Waals surface area contributed by atoms with Crippen LogP contribution in [0, 0.1) is 6.92 Å². The van der Waals surface area contributed by atoms with E-state index in [4.69, 9.17) is 0 Å². The number of aromatic nitrogens is 2. The molecule has 11 heavy (non-hydrogen) atoms. The van der Waals surface area contributed by atoms with Crippen LogP contribution >= 0.6 is 0 Å². The van der Waals surface area contributed by atoms with Gasteiger partial charge in [-0.2, -0.15) is 4.68 Å². The number of nitrogens with one attached hydrogen (secondary N) is 2. The smallest absolute Gasteiger partial charge is 0.273 e. The Bertz CT molecular complexity index is 343. The maximum Gasteiger partial charge on any atom is 0.273 e. The number of rotatable bonds is 0. The van der Waals surface area contributed by atoms with Crippen molar-refractivity contribution in [1.82, 2.24) is 9.66 Å². The summed E-state index contributed by atoms with van der Waals surface area (Å²) in [6, 6.07) is 1.49. The average Bonchev–Trinajstić information content (AvgIpc) is 2.34. The third kappa shape index (κ3) is 0.849. The van der Waals surface area contributed by atoms with Gasteiger partial charge >= 0.3 is 0 Å². The van der Waals surface area contributed by atoms with E-state index in [-0.39, 0.29) is 5.56 Å². The zero-order valence-electron chi connectivity index (χ0n) is 6.09. The third-order valence-corrected chi connectivity index (χ3v) is 1.53. The first-order valence-electron chi connectivity index (χ1n) is 3.36. The topological polar surface area (TPSA) is 59.0 Å². The Balaban J connectivity index is 2.70. The summed E-state index contributed by atoms with van der Waals surface area (Å²) < 4.78 is 1.40. The third-order valence-electron chi connectivity index (χ3n) is 1.53. The van der Waals surface area contributed by atoms with Gasteiger partial charge in [0.05, 0.1) is 0 Å². The largest absolute Gasteiger partial charge is 0.336 e. The van der Waals surface area contributed by atoms with E-state index in [1.165, 1.54) is 10.7 Å². The maximum absolute atomic E-state index is 11.2. The van der Waals surface area contributed by atoms with E-state index in [2.05, 4.69) is 15.7 Å². The Kier molecular flexibility index (Phi) is 1.12. The van der Waals surface area contributed by atoms with Gasteiger partial charge in [-0.05, 0) is 6.92 Å². The molecule has 2 N–H and O–H groups in total. The highest BCUT2D eigenvalue weighted by molar-refractivity contribution is 5.32. The lowest BCUT2D eigenvalue weighted by Gasteiger charge is -1.99. The molecule has 0 aromatic carbocycles. The Hall–Kier alpha value is -1.52. The monoisotopic (exact) mass is 152 g/mol. The Morgan fingerprint density at radius 2 is 2.55 bits per heavy atom. The fourth-order valence-electron chi connectivity index (χ4n) is 1.07. The predicted molar refractivity (Wildman–Crippen MR) is 41.1 cm³/mol. The number of hydrogen-bond donors (Lipinski definition) is 2. The standard InChI is InChI=1S/C6H8N4O/c1-4-2-5(11)10-6(9-4)7-3-8-10/h2,8H,3H2,1H3,(H,7,9). The van der Waals surface area contributed by atoms with Gasteiger partial charge in [-0.1, -0.05) is 0 Å². The van der Waals surface area contributed by atoms with Gasteiger partial charge in [0.1, 0.15) is 6.67 Å². The second-order valence-corrected chi connectivity index (χ2v) is 2.41. The van der Waals surface area contributed by atoms with Crippen molar-refractivity contribution in [1.29, 1.82) is 0 Å². The number of fused-ring (bicyclic) bond motifs is 1. The molecule has 0 bridgehead atoms. The molecule has 5 heteroatoms. The number of hydrogen-bond acceptors (Lipinski definition) is 4. The molecular weight excluding hydrogens is 144 g/mol. The summed E-state index contributed by atoms with van der Waals surface area (Å²) in [5.74, 6) is 0.593. The van der Waals surface area contributed by atoms with E-state index in [1.807, 2.05) is 0 Å². The molecule has 0 spiro atoms. The highest BCUT2D eigenvalue weighted by Gasteiger charge is 2.10. The van der Waals surface area contributed by atoms with Crippen LogP contribution in [0.15, 0.2) is 10.9 Å². The minimum atomic E-state index is -0.0718. The van der Waals surface area contributed by atoms with Crippen LogP contribution < -0.4 is 16.3 Å². The van der Waals surface area contributed by atoms with E-state index in [9.17, 15) is 4.79 Å². The molecule has 0 unspecified atom stereocenters. The fraction of sp³-hybridized carbons (Fsp3) is 0.333. The van der Waals surface area contributed by atoms with Crippen molar-refractivity contribution in [3.05, 3.63) is 22.1 Å². The number of anilines is 1. The molecule has 0 saturated heterocycles. The van der Waals surface area contributed by atoms with Crippen molar-refractivity contribution in [2.24, 2.45) is 0 Å². The lowest BCUT2D eigenvalue weighted by atomic mass is 10.4. The summed E-state index contributed by atoms with van der Waals surface area (Å²) in [4.78, 5) is 15.3. The van der Waals surface area contributed by atoms with Crippen LogP contribution in [0.2, 0.25) is 0 Å². The molecule has 0 fully saturated rings. The Morgan fingerprint density at radius 1 is 1.73 bits per heavy atom. The van der Waals surface area contributed by atoms with Crippen LogP contribution in [-0.4, -0.2) is 16.3 Å². The van der Waals surface area contributed by atoms with Crippen LogP contribution in [0.25, 0.3) is 0 Å². The minimum Gasteiger partial charge on any atom is -0.336 e. The average molecular weight is 152 g/mol. The van der Waals surface area contributed by atoms with Crippen molar-refractivity contribution in [2.75, 3.05) is 17.4 Å². The lowest BCUT2D eigenvalue weighted by Crippen LogP contribution is -2.24. The summed E-state index contributed by atoms with van der Waals surface area (Å²) in [7, 11) is 0. The van der Waals surface area contributed by atoms with Gasteiger partial charge in [-0.15, -0.1) is 0 Å². The first kappa shape index (κ1) is 6.21. The van der Waals surface area contributed by atoms with E-state index in [0.29, 0.717) is 12.6 Å². The molecule has 0 radical (unpaired) electrons. The van der Waals surface area contributed by atoms with Gasteiger partial charge in [0.25, 0.3) is 5.56 Å². The van der Waals surface area contributed by atoms with E-state index in [1.54, 1.807) is 6.92 Å².